The predicted molar refractivity (Wildman–Crippen MR) is 124 cm³/mol. The highest BCUT2D eigenvalue weighted by Gasteiger charge is 2.33. The Hall–Kier alpha value is -3.59. The molecule has 7 nitrogen and oxygen atoms in total. The quantitative estimate of drug-likeness (QED) is 0.338. The van der Waals surface area contributed by atoms with Crippen molar-refractivity contribution in [1.29, 1.82) is 0 Å². The normalized spacial score (nSPS) is 14.2. The Morgan fingerprint density at radius 2 is 1.94 bits per heavy atom. The highest BCUT2D eigenvalue weighted by atomic mass is 32.2. The van der Waals surface area contributed by atoms with Crippen LogP contribution in [-0.4, -0.2) is 38.7 Å². The Morgan fingerprint density at radius 1 is 1.26 bits per heavy atom. The molecule has 1 amide bonds. The molecule has 0 atom stereocenters. The zero-order chi connectivity index (χ0) is 25.8. The third-order valence-corrected chi connectivity index (χ3v) is 5.65. The first kappa shape index (κ1) is 26.0. The van der Waals surface area contributed by atoms with Crippen molar-refractivity contribution in [1.82, 2.24) is 10.3 Å². The van der Waals surface area contributed by atoms with Gasteiger partial charge in [0, 0.05) is 31.3 Å². The minimum atomic E-state index is -4.59. The number of nitrogens with one attached hydrogen (secondary N) is 2. The van der Waals surface area contributed by atoms with E-state index in [1.54, 1.807) is 4.90 Å². The average Bonchev–Trinajstić information content (AvgIpc) is 3.31. The zero-order valence-corrected chi connectivity index (χ0v) is 19.4. The van der Waals surface area contributed by atoms with Gasteiger partial charge >= 0.3 is 6.18 Å². The molecule has 0 aliphatic carbocycles. The number of amides is 1. The SMILES string of the molecule is C#Cc1cc(CNC(=O)C=Cc2ccc(C(F)(F)F)nc2N2CCCC2)cc(F)c1NS(C)(=O)=O. The molecule has 1 saturated heterocycles. The topological polar surface area (TPSA) is 91.4 Å². The van der Waals surface area contributed by atoms with Gasteiger partial charge in [0.2, 0.25) is 15.9 Å². The molecule has 1 aliphatic rings. The van der Waals surface area contributed by atoms with Crippen molar-refractivity contribution in [3.8, 4) is 12.3 Å². The maximum Gasteiger partial charge on any atom is 0.433 e. The van der Waals surface area contributed by atoms with Gasteiger partial charge < -0.3 is 10.2 Å². The van der Waals surface area contributed by atoms with Crippen molar-refractivity contribution in [3.63, 3.8) is 0 Å². The molecule has 1 aliphatic heterocycles. The Bertz CT molecular complexity index is 1300. The predicted octanol–water partition coefficient (Wildman–Crippen LogP) is 3.52. The first-order valence-corrected chi connectivity index (χ1v) is 12.3. The van der Waals surface area contributed by atoms with E-state index < -0.39 is 33.6 Å². The van der Waals surface area contributed by atoms with E-state index in [-0.39, 0.29) is 29.2 Å². The number of rotatable bonds is 7. The number of terminal acetylenes is 1. The number of hydrogen-bond acceptors (Lipinski definition) is 5. The van der Waals surface area contributed by atoms with E-state index >= 15 is 0 Å². The Balaban J connectivity index is 1.75. The summed E-state index contributed by atoms with van der Waals surface area (Å²) < 4.78 is 78.6. The summed E-state index contributed by atoms with van der Waals surface area (Å²) in [4.78, 5) is 17.8. The Kier molecular flexibility index (Phi) is 7.70. The number of benzene rings is 1. The molecule has 0 spiro atoms. The van der Waals surface area contributed by atoms with Gasteiger partial charge in [0.25, 0.3) is 0 Å². The van der Waals surface area contributed by atoms with Crippen molar-refractivity contribution < 1.29 is 30.8 Å². The molecule has 12 heteroatoms. The molecule has 2 heterocycles. The summed E-state index contributed by atoms with van der Waals surface area (Å²) in [5, 5.41) is 2.53. The summed E-state index contributed by atoms with van der Waals surface area (Å²) in [5.74, 6) is 0.855. The van der Waals surface area contributed by atoms with Gasteiger partial charge in [-0.25, -0.2) is 17.8 Å². The van der Waals surface area contributed by atoms with Gasteiger partial charge in [-0.3, -0.25) is 9.52 Å². The van der Waals surface area contributed by atoms with Gasteiger partial charge in [-0.05, 0) is 48.7 Å². The highest BCUT2D eigenvalue weighted by Crippen LogP contribution is 2.32. The van der Waals surface area contributed by atoms with E-state index in [0.29, 0.717) is 18.7 Å². The first-order chi connectivity index (χ1) is 16.4. The van der Waals surface area contributed by atoms with Gasteiger partial charge in [0.1, 0.15) is 17.3 Å². The van der Waals surface area contributed by atoms with Crippen molar-refractivity contribution >= 4 is 33.5 Å². The lowest BCUT2D eigenvalue weighted by molar-refractivity contribution is -0.141. The number of carbonyl (C=O) groups is 1. The van der Waals surface area contributed by atoms with Crippen molar-refractivity contribution in [2.24, 2.45) is 0 Å². The number of pyridine rings is 1. The van der Waals surface area contributed by atoms with Crippen LogP contribution in [0.5, 0.6) is 0 Å². The van der Waals surface area contributed by atoms with Gasteiger partial charge in [-0.15, -0.1) is 6.42 Å². The number of nitrogens with zero attached hydrogens (tertiary/aromatic N) is 2. The molecule has 0 bridgehead atoms. The van der Waals surface area contributed by atoms with Gasteiger partial charge in [-0.2, -0.15) is 13.2 Å². The average molecular weight is 511 g/mol. The summed E-state index contributed by atoms with van der Waals surface area (Å²) in [5.41, 5.74) is -0.784. The van der Waals surface area contributed by atoms with Crippen LogP contribution >= 0.6 is 0 Å². The summed E-state index contributed by atoms with van der Waals surface area (Å²) in [6.07, 6.45) is 5.78. The van der Waals surface area contributed by atoms with Gasteiger partial charge in [0.05, 0.1) is 17.5 Å². The van der Waals surface area contributed by atoms with Crippen LogP contribution in [0.3, 0.4) is 0 Å². The van der Waals surface area contributed by atoms with Crippen LogP contribution in [0.4, 0.5) is 29.1 Å². The minimum Gasteiger partial charge on any atom is -0.356 e. The van der Waals surface area contributed by atoms with E-state index in [4.69, 9.17) is 6.42 Å². The van der Waals surface area contributed by atoms with E-state index in [1.165, 1.54) is 18.2 Å². The second-order valence-corrected chi connectivity index (χ2v) is 9.62. The molecule has 2 aromatic rings. The van der Waals surface area contributed by atoms with Crippen molar-refractivity contribution in [2.75, 3.05) is 29.0 Å². The Morgan fingerprint density at radius 3 is 2.54 bits per heavy atom. The molecule has 1 fully saturated rings. The number of sulfonamides is 1. The lowest BCUT2D eigenvalue weighted by Gasteiger charge is -2.20. The van der Waals surface area contributed by atoms with Crippen LogP contribution in [0, 0.1) is 18.2 Å². The minimum absolute atomic E-state index is 0.0405. The molecule has 2 N–H and O–H groups in total. The molecule has 0 unspecified atom stereocenters. The third-order valence-electron chi connectivity index (χ3n) is 5.08. The molecule has 1 aromatic carbocycles. The molecule has 35 heavy (non-hydrogen) atoms. The number of anilines is 2. The monoisotopic (exact) mass is 510 g/mol. The van der Waals surface area contributed by atoms with Crippen LogP contribution in [0.2, 0.25) is 0 Å². The second kappa shape index (κ2) is 10.4. The molecule has 0 saturated carbocycles. The van der Waals surface area contributed by atoms with E-state index in [2.05, 4.69) is 16.2 Å². The van der Waals surface area contributed by atoms with Crippen molar-refractivity contribution in [2.45, 2.75) is 25.6 Å². The lowest BCUT2D eigenvalue weighted by Crippen LogP contribution is -2.22. The van der Waals surface area contributed by atoms with Crippen LogP contribution in [0.1, 0.15) is 35.2 Å². The summed E-state index contributed by atoms with van der Waals surface area (Å²) in [6.45, 7) is 1.00. The summed E-state index contributed by atoms with van der Waals surface area (Å²) >= 11 is 0. The molecule has 1 aromatic heterocycles. The maximum atomic E-state index is 14.4. The van der Waals surface area contributed by atoms with Gasteiger partial charge in [0.15, 0.2) is 0 Å². The fourth-order valence-corrected chi connectivity index (χ4v) is 4.09. The number of carbonyl (C=O) groups excluding carboxylic acids is 1. The third kappa shape index (κ3) is 6.95. The Labute approximate surface area is 200 Å². The van der Waals surface area contributed by atoms with Crippen LogP contribution in [0.15, 0.2) is 30.3 Å². The fraction of sp³-hybridized carbons (Fsp3) is 0.304. The highest BCUT2D eigenvalue weighted by molar-refractivity contribution is 7.92. The van der Waals surface area contributed by atoms with Gasteiger partial charge in [-0.1, -0.05) is 5.92 Å². The van der Waals surface area contributed by atoms with E-state index in [0.717, 1.165) is 37.3 Å². The zero-order valence-electron chi connectivity index (χ0n) is 18.6. The first-order valence-electron chi connectivity index (χ1n) is 10.4. The molecule has 0 radical (unpaired) electrons. The molecular weight excluding hydrogens is 488 g/mol. The van der Waals surface area contributed by atoms with Crippen LogP contribution < -0.4 is 14.9 Å². The van der Waals surface area contributed by atoms with Crippen LogP contribution in [0.25, 0.3) is 6.08 Å². The number of hydrogen-bond donors (Lipinski definition) is 2. The lowest BCUT2D eigenvalue weighted by atomic mass is 10.1. The number of halogens is 4. The van der Waals surface area contributed by atoms with E-state index in [1.807, 2.05) is 4.72 Å². The van der Waals surface area contributed by atoms with E-state index in [9.17, 15) is 30.8 Å². The number of alkyl halides is 3. The standard InChI is InChI=1S/C23H22F4N4O3S/c1-3-16-12-15(13-18(24)21(16)30-35(2,33)34)14-28-20(32)9-7-17-6-8-19(23(25,26)27)29-22(17)31-10-4-5-11-31/h1,6-9,12-13,30H,4-5,10-11,14H2,2H3,(H,28,32). The van der Waals surface area contributed by atoms with Crippen molar-refractivity contribution in [3.05, 3.63) is 58.5 Å². The largest absolute Gasteiger partial charge is 0.433 e. The fourth-order valence-electron chi connectivity index (χ4n) is 3.51. The molecular formula is C23H22F4N4O3S. The molecule has 3 rings (SSSR count). The number of aromatic nitrogens is 1. The maximum absolute atomic E-state index is 14.4. The van der Waals surface area contributed by atoms with Crippen LogP contribution in [-0.2, 0) is 27.5 Å². The smallest absolute Gasteiger partial charge is 0.356 e. The summed E-state index contributed by atoms with van der Waals surface area (Å²) in [7, 11) is -3.76. The molecule has 186 valence electrons. The summed E-state index contributed by atoms with van der Waals surface area (Å²) in [6, 6.07) is 4.50. The second-order valence-electron chi connectivity index (χ2n) is 7.87.